The first-order valence-corrected chi connectivity index (χ1v) is 7.21. The number of nitrogens with one attached hydrogen (secondary N) is 1. The molecule has 1 aromatic heterocycles. The van der Waals surface area contributed by atoms with E-state index in [0.717, 1.165) is 0 Å². The van der Waals surface area contributed by atoms with Crippen molar-refractivity contribution in [1.29, 1.82) is 0 Å². The molecule has 0 fully saturated rings. The maximum Gasteiger partial charge on any atom is 0.318 e. The topological polar surface area (TPSA) is 88.5 Å². The van der Waals surface area contributed by atoms with Gasteiger partial charge in [0, 0.05) is 18.9 Å². The molecule has 2 N–H and O–H groups in total. The number of aliphatic hydroxyl groups is 1. The van der Waals surface area contributed by atoms with Crippen LogP contribution >= 0.6 is 0 Å². The van der Waals surface area contributed by atoms with Crippen LogP contribution in [0.3, 0.4) is 0 Å². The first-order chi connectivity index (χ1) is 11.1. The van der Waals surface area contributed by atoms with Crippen LogP contribution in [0.2, 0.25) is 0 Å². The van der Waals surface area contributed by atoms with Gasteiger partial charge >= 0.3 is 5.97 Å². The number of hydrogen-bond acceptors (Lipinski definition) is 5. The summed E-state index contributed by atoms with van der Waals surface area (Å²) in [4.78, 5) is 28.0. The summed E-state index contributed by atoms with van der Waals surface area (Å²) in [6, 6.07) is 11.8. The van der Waals surface area contributed by atoms with Crippen LogP contribution in [-0.2, 0) is 4.79 Å². The summed E-state index contributed by atoms with van der Waals surface area (Å²) < 4.78 is 5.21. The van der Waals surface area contributed by atoms with E-state index in [2.05, 4.69) is 10.3 Å². The Bertz CT molecular complexity index is 644. The molecule has 0 aliphatic heterocycles. The number of nitrogens with zero attached hydrogens (tertiary/aromatic N) is 1. The maximum atomic E-state index is 12.2. The summed E-state index contributed by atoms with van der Waals surface area (Å²) in [6.07, 6.45) is 2.03. The first kappa shape index (κ1) is 16.6. The SMILES string of the molecule is C[C@@H](O)[C@H](CNC(=O)c1cccnc1)C(=O)Oc1ccccc1. The van der Waals surface area contributed by atoms with Gasteiger partial charge in [0.25, 0.3) is 5.91 Å². The van der Waals surface area contributed by atoms with Gasteiger partial charge in [0.05, 0.1) is 11.7 Å². The van der Waals surface area contributed by atoms with Gasteiger partial charge in [-0.25, -0.2) is 0 Å². The average molecular weight is 314 g/mol. The minimum Gasteiger partial charge on any atom is -0.426 e. The van der Waals surface area contributed by atoms with Crippen molar-refractivity contribution in [3.05, 3.63) is 60.4 Å². The van der Waals surface area contributed by atoms with E-state index in [0.29, 0.717) is 11.3 Å². The summed E-state index contributed by atoms with van der Waals surface area (Å²) in [6.45, 7) is 1.45. The van der Waals surface area contributed by atoms with Crippen LogP contribution in [0.25, 0.3) is 0 Å². The fourth-order valence-electron chi connectivity index (χ4n) is 1.93. The third-order valence-electron chi connectivity index (χ3n) is 3.25. The Morgan fingerprint density at radius 1 is 1.22 bits per heavy atom. The molecule has 0 bridgehead atoms. The van der Waals surface area contributed by atoms with Crippen LogP contribution in [0.1, 0.15) is 17.3 Å². The normalized spacial score (nSPS) is 13.0. The van der Waals surface area contributed by atoms with Gasteiger partial charge in [0.15, 0.2) is 0 Å². The van der Waals surface area contributed by atoms with Crippen LogP contribution in [0.4, 0.5) is 0 Å². The lowest BCUT2D eigenvalue weighted by atomic mass is 10.0. The van der Waals surface area contributed by atoms with Crippen molar-refractivity contribution in [3.8, 4) is 5.75 Å². The smallest absolute Gasteiger partial charge is 0.318 e. The molecular weight excluding hydrogens is 296 g/mol. The number of aromatic nitrogens is 1. The number of para-hydroxylation sites is 1. The summed E-state index contributed by atoms with van der Waals surface area (Å²) >= 11 is 0. The Morgan fingerprint density at radius 2 is 1.96 bits per heavy atom. The summed E-state index contributed by atoms with van der Waals surface area (Å²) in [5.74, 6) is -1.44. The zero-order valence-corrected chi connectivity index (χ0v) is 12.7. The van der Waals surface area contributed by atoms with Crippen molar-refractivity contribution in [2.45, 2.75) is 13.0 Å². The van der Waals surface area contributed by atoms with Gasteiger partial charge in [-0.3, -0.25) is 14.6 Å². The van der Waals surface area contributed by atoms with Crippen LogP contribution in [0.15, 0.2) is 54.9 Å². The van der Waals surface area contributed by atoms with Crippen molar-refractivity contribution in [2.75, 3.05) is 6.54 Å². The van der Waals surface area contributed by atoms with Crippen LogP contribution in [0, 0.1) is 5.92 Å². The molecule has 23 heavy (non-hydrogen) atoms. The van der Waals surface area contributed by atoms with Crippen molar-refractivity contribution in [2.24, 2.45) is 5.92 Å². The molecule has 0 spiro atoms. The molecule has 2 aromatic rings. The molecule has 120 valence electrons. The van der Waals surface area contributed by atoms with E-state index in [-0.39, 0.29) is 12.5 Å². The zero-order chi connectivity index (χ0) is 16.7. The second-order valence-corrected chi connectivity index (χ2v) is 5.03. The number of aliphatic hydroxyl groups excluding tert-OH is 1. The van der Waals surface area contributed by atoms with E-state index in [1.54, 1.807) is 48.7 Å². The number of ether oxygens (including phenoxy) is 1. The molecule has 1 amide bonds. The Morgan fingerprint density at radius 3 is 2.57 bits per heavy atom. The highest BCUT2D eigenvalue weighted by Gasteiger charge is 2.26. The van der Waals surface area contributed by atoms with Crippen LogP contribution < -0.4 is 10.1 Å². The molecule has 2 atom stereocenters. The quantitative estimate of drug-likeness (QED) is 0.622. The van der Waals surface area contributed by atoms with E-state index in [9.17, 15) is 14.7 Å². The first-order valence-electron chi connectivity index (χ1n) is 7.21. The fourth-order valence-corrected chi connectivity index (χ4v) is 1.93. The molecule has 0 unspecified atom stereocenters. The monoisotopic (exact) mass is 314 g/mol. The summed E-state index contributed by atoms with van der Waals surface area (Å²) in [7, 11) is 0. The molecule has 1 heterocycles. The average Bonchev–Trinajstić information content (AvgIpc) is 2.56. The van der Waals surface area contributed by atoms with Crippen molar-refractivity contribution in [3.63, 3.8) is 0 Å². The van der Waals surface area contributed by atoms with Crippen LogP contribution in [-0.4, -0.2) is 34.6 Å². The van der Waals surface area contributed by atoms with Gasteiger partial charge in [0.1, 0.15) is 11.7 Å². The fraction of sp³-hybridized carbons (Fsp3) is 0.235. The summed E-state index contributed by atoms with van der Waals surface area (Å²) in [5.41, 5.74) is 0.383. The highest BCUT2D eigenvalue weighted by atomic mass is 16.5. The van der Waals surface area contributed by atoms with E-state index in [4.69, 9.17) is 4.74 Å². The predicted molar refractivity (Wildman–Crippen MR) is 83.8 cm³/mol. The van der Waals surface area contributed by atoms with Crippen molar-refractivity contribution >= 4 is 11.9 Å². The third kappa shape index (κ3) is 4.89. The third-order valence-corrected chi connectivity index (χ3v) is 3.25. The minimum absolute atomic E-state index is 0.0307. The number of benzene rings is 1. The second kappa shape index (κ2) is 8.05. The second-order valence-electron chi connectivity index (χ2n) is 5.03. The van der Waals surface area contributed by atoms with E-state index >= 15 is 0 Å². The molecule has 1 aromatic carbocycles. The molecule has 0 radical (unpaired) electrons. The molecule has 0 aliphatic rings. The van der Waals surface area contributed by atoms with E-state index in [1.165, 1.54) is 13.1 Å². The van der Waals surface area contributed by atoms with E-state index in [1.807, 2.05) is 0 Å². The Balaban J connectivity index is 1.96. The molecule has 6 heteroatoms. The highest BCUT2D eigenvalue weighted by molar-refractivity contribution is 5.94. The Kier molecular flexibility index (Phi) is 5.82. The number of pyridine rings is 1. The number of carbonyl (C=O) groups excluding carboxylic acids is 2. The number of amides is 1. The van der Waals surface area contributed by atoms with Gasteiger partial charge < -0.3 is 15.2 Å². The molecule has 0 saturated heterocycles. The number of carbonyl (C=O) groups is 2. The maximum absolute atomic E-state index is 12.2. The van der Waals surface area contributed by atoms with E-state index < -0.39 is 18.0 Å². The van der Waals surface area contributed by atoms with Gasteiger partial charge in [0.2, 0.25) is 0 Å². The highest BCUT2D eigenvalue weighted by Crippen LogP contribution is 2.13. The lowest BCUT2D eigenvalue weighted by Crippen LogP contribution is -2.40. The van der Waals surface area contributed by atoms with Crippen molar-refractivity contribution in [1.82, 2.24) is 10.3 Å². The lowest BCUT2D eigenvalue weighted by molar-refractivity contribution is -0.142. The molecule has 6 nitrogen and oxygen atoms in total. The lowest BCUT2D eigenvalue weighted by Gasteiger charge is -2.19. The van der Waals surface area contributed by atoms with Crippen molar-refractivity contribution < 1.29 is 19.4 Å². The molecular formula is C17H18N2O4. The summed E-state index contributed by atoms with van der Waals surface area (Å²) in [5, 5.41) is 12.4. The molecule has 0 aliphatic carbocycles. The Hall–Kier alpha value is -2.73. The van der Waals surface area contributed by atoms with Gasteiger partial charge in [-0.05, 0) is 31.2 Å². The number of esters is 1. The van der Waals surface area contributed by atoms with Gasteiger partial charge in [-0.15, -0.1) is 0 Å². The van der Waals surface area contributed by atoms with Gasteiger partial charge in [-0.1, -0.05) is 18.2 Å². The zero-order valence-electron chi connectivity index (χ0n) is 12.7. The van der Waals surface area contributed by atoms with Crippen LogP contribution in [0.5, 0.6) is 5.75 Å². The standard InChI is InChI=1S/C17H18N2O4/c1-12(20)15(17(22)23-14-7-3-2-4-8-14)11-19-16(21)13-6-5-9-18-10-13/h2-10,12,15,20H,11H2,1H3,(H,19,21)/t12-,15+/m1/s1. The number of hydrogen-bond donors (Lipinski definition) is 2. The van der Waals surface area contributed by atoms with Gasteiger partial charge in [-0.2, -0.15) is 0 Å². The molecule has 2 rings (SSSR count). The molecule has 0 saturated carbocycles. The minimum atomic E-state index is -0.958. The largest absolute Gasteiger partial charge is 0.426 e. The predicted octanol–water partition coefficient (Wildman–Crippen LogP) is 1.41. The number of rotatable bonds is 6. The Labute approximate surface area is 134 Å².